The number of nitrogens with two attached hydrogens (primary N) is 1. The fraction of sp³-hybridized carbons (Fsp3) is 0.533. The molecule has 1 rings (SSSR count). The topological polar surface area (TPSA) is 64.3 Å². The van der Waals surface area contributed by atoms with Crippen molar-refractivity contribution in [2.45, 2.75) is 39.3 Å². The highest BCUT2D eigenvalue weighted by molar-refractivity contribution is 9.10. The van der Waals surface area contributed by atoms with Crippen molar-refractivity contribution >= 4 is 34.2 Å². The van der Waals surface area contributed by atoms with Gasteiger partial charge in [0, 0.05) is 12.6 Å². The van der Waals surface area contributed by atoms with E-state index < -0.39 is 6.10 Å². The van der Waals surface area contributed by atoms with Gasteiger partial charge in [-0.25, -0.2) is 4.39 Å². The summed E-state index contributed by atoms with van der Waals surface area (Å²) in [5, 5.41) is 2.87. The normalized spacial score (nSPS) is 13.2. The van der Waals surface area contributed by atoms with Crippen molar-refractivity contribution in [1.29, 1.82) is 0 Å². The summed E-state index contributed by atoms with van der Waals surface area (Å²) in [6, 6.07) is 3.99. The molecule has 7 heteroatoms. The van der Waals surface area contributed by atoms with Gasteiger partial charge in [0.15, 0.2) is 6.10 Å². The van der Waals surface area contributed by atoms with Crippen molar-refractivity contribution in [3.8, 4) is 5.75 Å². The second-order valence-electron chi connectivity index (χ2n) is 5.41. The third kappa shape index (κ3) is 6.94. The molecule has 4 nitrogen and oxygen atoms in total. The lowest BCUT2D eigenvalue weighted by molar-refractivity contribution is -0.128. The first-order chi connectivity index (χ1) is 9.83. The zero-order valence-corrected chi connectivity index (χ0v) is 15.3. The Kier molecular flexibility index (Phi) is 9.64. The Morgan fingerprint density at radius 1 is 1.41 bits per heavy atom. The van der Waals surface area contributed by atoms with Crippen molar-refractivity contribution < 1.29 is 13.9 Å². The Balaban J connectivity index is 0.00000441. The molecule has 2 unspecified atom stereocenters. The Morgan fingerprint density at radius 3 is 2.55 bits per heavy atom. The number of carbonyl (C=O) groups is 1. The van der Waals surface area contributed by atoms with E-state index in [4.69, 9.17) is 10.5 Å². The number of amides is 1. The lowest BCUT2D eigenvalue weighted by atomic mass is 10.0. The molecule has 0 bridgehead atoms. The number of hydrogen-bond donors (Lipinski definition) is 2. The van der Waals surface area contributed by atoms with Gasteiger partial charge in [-0.1, -0.05) is 13.8 Å². The molecule has 3 N–H and O–H groups in total. The van der Waals surface area contributed by atoms with E-state index in [0.717, 1.165) is 6.42 Å². The van der Waals surface area contributed by atoms with E-state index in [1.165, 1.54) is 18.2 Å². The van der Waals surface area contributed by atoms with Gasteiger partial charge in [-0.05, 0) is 53.4 Å². The average molecular weight is 398 g/mol. The van der Waals surface area contributed by atoms with Crippen LogP contribution in [0.4, 0.5) is 4.39 Å². The molecule has 0 aliphatic carbocycles. The summed E-state index contributed by atoms with van der Waals surface area (Å²) < 4.78 is 19.0. The number of benzene rings is 1. The number of hydrogen-bond acceptors (Lipinski definition) is 3. The van der Waals surface area contributed by atoms with Crippen LogP contribution in [0.5, 0.6) is 5.75 Å². The van der Waals surface area contributed by atoms with Crippen LogP contribution in [0.15, 0.2) is 22.7 Å². The van der Waals surface area contributed by atoms with Crippen LogP contribution in [0.3, 0.4) is 0 Å². The van der Waals surface area contributed by atoms with Gasteiger partial charge in [0.1, 0.15) is 11.6 Å². The predicted octanol–water partition coefficient (Wildman–Crippen LogP) is 3.27. The molecule has 0 fully saturated rings. The standard InChI is InChI=1S/C15H22BrFN2O2.ClH/c1-9(2)6-12(8-18)19-15(20)10(3)21-14-5-4-11(17)7-13(14)16;/h4-5,7,9-10,12H,6,8,18H2,1-3H3,(H,19,20);1H. The Morgan fingerprint density at radius 2 is 2.05 bits per heavy atom. The first-order valence-corrected chi connectivity index (χ1v) is 7.75. The predicted molar refractivity (Wildman–Crippen MR) is 91.9 cm³/mol. The molecule has 126 valence electrons. The molecular formula is C15H23BrClFN2O2. The van der Waals surface area contributed by atoms with Crippen molar-refractivity contribution in [3.05, 3.63) is 28.5 Å². The summed E-state index contributed by atoms with van der Waals surface area (Å²) in [6.45, 7) is 6.18. The highest BCUT2D eigenvalue weighted by atomic mass is 79.9. The summed E-state index contributed by atoms with van der Waals surface area (Å²) >= 11 is 3.21. The van der Waals surface area contributed by atoms with E-state index in [2.05, 4.69) is 35.1 Å². The molecule has 0 spiro atoms. The summed E-state index contributed by atoms with van der Waals surface area (Å²) in [4.78, 5) is 12.1. The largest absolute Gasteiger partial charge is 0.480 e. The molecule has 0 aromatic heterocycles. The van der Waals surface area contributed by atoms with Crippen LogP contribution in [0.1, 0.15) is 27.2 Å². The summed E-state index contributed by atoms with van der Waals surface area (Å²) in [5.74, 6) is 0.266. The highest BCUT2D eigenvalue weighted by Crippen LogP contribution is 2.26. The number of ether oxygens (including phenoxy) is 1. The van der Waals surface area contributed by atoms with Crippen LogP contribution in [0, 0.1) is 11.7 Å². The minimum atomic E-state index is -0.687. The third-order valence-electron chi connectivity index (χ3n) is 2.95. The van der Waals surface area contributed by atoms with Gasteiger partial charge in [0.2, 0.25) is 0 Å². The van der Waals surface area contributed by atoms with Crippen molar-refractivity contribution in [3.63, 3.8) is 0 Å². The van der Waals surface area contributed by atoms with Crippen molar-refractivity contribution in [1.82, 2.24) is 5.32 Å². The maximum Gasteiger partial charge on any atom is 0.261 e. The second kappa shape index (κ2) is 10.0. The molecule has 22 heavy (non-hydrogen) atoms. The monoisotopic (exact) mass is 396 g/mol. The fourth-order valence-corrected chi connectivity index (χ4v) is 2.36. The lowest BCUT2D eigenvalue weighted by Crippen LogP contribution is -2.46. The van der Waals surface area contributed by atoms with Crippen LogP contribution in [0.25, 0.3) is 0 Å². The molecular weight excluding hydrogens is 375 g/mol. The Hall–Kier alpha value is -0.850. The van der Waals surface area contributed by atoms with Gasteiger partial charge in [0.25, 0.3) is 5.91 Å². The van der Waals surface area contributed by atoms with E-state index in [1.807, 2.05) is 0 Å². The minimum absolute atomic E-state index is 0. The molecule has 1 aromatic rings. The molecule has 0 saturated heterocycles. The van der Waals surface area contributed by atoms with Gasteiger partial charge in [0.05, 0.1) is 4.47 Å². The number of rotatable bonds is 7. The lowest BCUT2D eigenvalue weighted by Gasteiger charge is -2.22. The quantitative estimate of drug-likeness (QED) is 0.742. The summed E-state index contributed by atoms with van der Waals surface area (Å²) in [7, 11) is 0. The minimum Gasteiger partial charge on any atom is -0.480 e. The summed E-state index contributed by atoms with van der Waals surface area (Å²) in [6.07, 6.45) is 0.128. The molecule has 0 aliphatic heterocycles. The van der Waals surface area contributed by atoms with Gasteiger partial charge >= 0.3 is 0 Å². The SMILES string of the molecule is CC(C)CC(CN)NC(=O)C(C)Oc1ccc(F)cc1Br.Cl. The first kappa shape index (κ1) is 21.1. The second-order valence-corrected chi connectivity index (χ2v) is 6.26. The van der Waals surface area contributed by atoms with E-state index in [0.29, 0.717) is 22.7 Å². The van der Waals surface area contributed by atoms with E-state index in [9.17, 15) is 9.18 Å². The van der Waals surface area contributed by atoms with Crippen LogP contribution in [-0.4, -0.2) is 24.6 Å². The molecule has 2 atom stereocenters. The number of carbonyl (C=O) groups excluding carboxylic acids is 1. The van der Waals surface area contributed by atoms with Crippen LogP contribution < -0.4 is 15.8 Å². The first-order valence-electron chi connectivity index (χ1n) is 6.95. The molecule has 1 aromatic carbocycles. The molecule has 1 amide bonds. The van der Waals surface area contributed by atoms with Gasteiger partial charge in [-0.2, -0.15) is 0 Å². The summed E-state index contributed by atoms with van der Waals surface area (Å²) in [5.41, 5.74) is 5.66. The molecule has 0 radical (unpaired) electrons. The smallest absolute Gasteiger partial charge is 0.261 e. The van der Waals surface area contributed by atoms with Gasteiger partial charge in [-0.15, -0.1) is 12.4 Å². The van der Waals surface area contributed by atoms with E-state index in [1.54, 1.807) is 6.92 Å². The zero-order chi connectivity index (χ0) is 16.0. The molecule has 0 saturated carbocycles. The van der Waals surface area contributed by atoms with Gasteiger partial charge < -0.3 is 15.8 Å². The van der Waals surface area contributed by atoms with Crippen molar-refractivity contribution in [2.75, 3.05) is 6.54 Å². The number of halogens is 3. The highest BCUT2D eigenvalue weighted by Gasteiger charge is 2.20. The molecule has 0 aliphatic rings. The maximum atomic E-state index is 13.0. The zero-order valence-electron chi connectivity index (χ0n) is 12.9. The van der Waals surface area contributed by atoms with Gasteiger partial charge in [-0.3, -0.25) is 4.79 Å². The van der Waals surface area contributed by atoms with Crippen LogP contribution in [-0.2, 0) is 4.79 Å². The number of nitrogens with one attached hydrogen (secondary N) is 1. The van der Waals surface area contributed by atoms with E-state index in [-0.39, 0.29) is 30.2 Å². The Labute approximate surface area is 145 Å². The van der Waals surface area contributed by atoms with Crippen molar-refractivity contribution in [2.24, 2.45) is 11.7 Å². The Bertz CT molecular complexity index is 489. The maximum absolute atomic E-state index is 13.0. The third-order valence-corrected chi connectivity index (χ3v) is 3.57. The molecule has 0 heterocycles. The average Bonchev–Trinajstić information content (AvgIpc) is 2.40. The van der Waals surface area contributed by atoms with Crippen LogP contribution in [0.2, 0.25) is 0 Å². The fourth-order valence-electron chi connectivity index (χ4n) is 1.92. The van der Waals surface area contributed by atoms with E-state index >= 15 is 0 Å². The van der Waals surface area contributed by atoms with Crippen LogP contribution >= 0.6 is 28.3 Å².